The van der Waals surface area contributed by atoms with Crippen molar-refractivity contribution in [2.24, 2.45) is 0 Å². The second-order valence-electron chi connectivity index (χ2n) is 5.94. The minimum Gasteiger partial charge on any atom is -0.496 e. The molecule has 1 saturated carbocycles. The van der Waals surface area contributed by atoms with Crippen LogP contribution in [0, 0.1) is 0 Å². The highest BCUT2D eigenvalue weighted by atomic mass is 32.2. The lowest BCUT2D eigenvalue weighted by molar-refractivity contribution is 0.120. The van der Waals surface area contributed by atoms with Gasteiger partial charge in [0.05, 0.1) is 18.1 Å². The van der Waals surface area contributed by atoms with E-state index in [4.69, 9.17) is 4.74 Å². The maximum Gasteiger partial charge on any atom is 0.241 e. The van der Waals surface area contributed by atoms with E-state index in [0.717, 1.165) is 5.39 Å². The molecule has 3 rings (SSSR count). The average molecular weight is 335 g/mol. The molecule has 0 aromatic heterocycles. The lowest BCUT2D eigenvalue weighted by Crippen LogP contribution is -2.38. The van der Waals surface area contributed by atoms with Crippen molar-refractivity contribution >= 4 is 20.8 Å². The number of hydrogen-bond acceptors (Lipinski definition) is 4. The molecule has 1 fully saturated rings. The number of rotatable bonds is 4. The summed E-state index contributed by atoms with van der Waals surface area (Å²) >= 11 is 0. The number of ether oxygens (including phenoxy) is 1. The van der Waals surface area contributed by atoms with Crippen LogP contribution in [-0.4, -0.2) is 32.8 Å². The Kier molecular flexibility index (Phi) is 4.57. The summed E-state index contributed by atoms with van der Waals surface area (Å²) in [6.45, 7) is 0. The monoisotopic (exact) mass is 335 g/mol. The first-order chi connectivity index (χ1) is 11.0. The Morgan fingerprint density at radius 2 is 1.70 bits per heavy atom. The molecule has 0 spiro atoms. The van der Waals surface area contributed by atoms with Gasteiger partial charge in [-0.3, -0.25) is 0 Å². The molecule has 124 valence electrons. The number of benzene rings is 2. The van der Waals surface area contributed by atoms with E-state index in [-0.39, 0.29) is 17.0 Å². The van der Waals surface area contributed by atoms with Gasteiger partial charge in [-0.25, -0.2) is 13.1 Å². The van der Waals surface area contributed by atoms with E-state index in [2.05, 4.69) is 4.72 Å². The third-order valence-electron chi connectivity index (χ3n) is 4.37. The smallest absolute Gasteiger partial charge is 0.241 e. The first-order valence-electron chi connectivity index (χ1n) is 7.77. The Hall–Kier alpha value is -1.63. The molecule has 0 amide bonds. The summed E-state index contributed by atoms with van der Waals surface area (Å²) < 4.78 is 33.7. The maximum atomic E-state index is 12.8. The summed E-state index contributed by atoms with van der Waals surface area (Å²) in [6.07, 6.45) is 2.29. The van der Waals surface area contributed by atoms with Gasteiger partial charge in [0.2, 0.25) is 10.0 Å². The molecule has 5 nitrogen and oxygen atoms in total. The van der Waals surface area contributed by atoms with E-state index in [0.29, 0.717) is 36.8 Å². The lowest BCUT2D eigenvalue weighted by Gasteiger charge is -2.26. The highest BCUT2D eigenvalue weighted by Gasteiger charge is 2.26. The van der Waals surface area contributed by atoms with Crippen molar-refractivity contribution < 1.29 is 18.3 Å². The van der Waals surface area contributed by atoms with E-state index in [1.54, 1.807) is 25.3 Å². The molecule has 2 N–H and O–H groups in total. The zero-order chi connectivity index (χ0) is 16.4. The molecule has 0 radical (unpaired) electrons. The number of aliphatic hydroxyl groups excluding tert-OH is 1. The second kappa shape index (κ2) is 6.47. The summed E-state index contributed by atoms with van der Waals surface area (Å²) in [4.78, 5) is 0.264. The molecule has 23 heavy (non-hydrogen) atoms. The van der Waals surface area contributed by atoms with E-state index < -0.39 is 10.0 Å². The number of sulfonamides is 1. The van der Waals surface area contributed by atoms with Crippen molar-refractivity contribution in [2.45, 2.75) is 42.7 Å². The number of methoxy groups -OCH3 is 1. The van der Waals surface area contributed by atoms with Crippen molar-refractivity contribution in [3.8, 4) is 5.75 Å². The first kappa shape index (κ1) is 16.2. The Labute approximate surface area is 136 Å². The van der Waals surface area contributed by atoms with Gasteiger partial charge < -0.3 is 9.84 Å². The van der Waals surface area contributed by atoms with E-state index >= 15 is 0 Å². The van der Waals surface area contributed by atoms with Crippen molar-refractivity contribution in [1.29, 1.82) is 0 Å². The molecule has 2 aromatic rings. The van der Waals surface area contributed by atoms with Gasteiger partial charge in [-0.05, 0) is 37.8 Å². The van der Waals surface area contributed by atoms with Crippen LogP contribution in [0.5, 0.6) is 5.75 Å². The fraction of sp³-hybridized carbons (Fsp3) is 0.412. The number of nitrogens with one attached hydrogen (secondary N) is 1. The largest absolute Gasteiger partial charge is 0.496 e. The molecule has 0 aliphatic heterocycles. The molecule has 2 aromatic carbocycles. The van der Waals surface area contributed by atoms with Crippen LogP contribution < -0.4 is 9.46 Å². The van der Waals surface area contributed by atoms with Crippen LogP contribution in [0.3, 0.4) is 0 Å². The fourth-order valence-electron chi connectivity index (χ4n) is 3.13. The van der Waals surface area contributed by atoms with Crippen LogP contribution in [0.15, 0.2) is 41.3 Å². The molecule has 0 bridgehead atoms. The zero-order valence-electron chi connectivity index (χ0n) is 13.0. The number of hydrogen-bond donors (Lipinski definition) is 2. The summed E-state index contributed by atoms with van der Waals surface area (Å²) in [5.74, 6) is 0.653. The van der Waals surface area contributed by atoms with Gasteiger partial charge in [-0.2, -0.15) is 0 Å². The molecule has 0 unspecified atom stereocenters. The predicted octanol–water partition coefficient (Wildman–Crippen LogP) is 2.43. The van der Waals surface area contributed by atoms with Crippen LogP contribution in [0.2, 0.25) is 0 Å². The zero-order valence-corrected chi connectivity index (χ0v) is 13.8. The Morgan fingerprint density at radius 3 is 2.35 bits per heavy atom. The van der Waals surface area contributed by atoms with Gasteiger partial charge in [-0.1, -0.05) is 24.3 Å². The topological polar surface area (TPSA) is 75.6 Å². The standard InChI is InChI=1S/C17H21NO4S/c1-22-16-10-11-17(15-5-3-2-4-14(15)16)23(20,21)18-12-6-8-13(19)9-7-12/h2-5,10-13,18-19H,6-9H2,1H3. The van der Waals surface area contributed by atoms with Gasteiger partial charge in [0.15, 0.2) is 0 Å². The molecule has 0 atom stereocenters. The summed E-state index contributed by atoms with van der Waals surface area (Å²) in [5.41, 5.74) is 0. The Balaban J connectivity index is 1.95. The highest BCUT2D eigenvalue weighted by molar-refractivity contribution is 7.89. The predicted molar refractivity (Wildman–Crippen MR) is 89.1 cm³/mol. The number of fused-ring (bicyclic) bond motifs is 1. The SMILES string of the molecule is COc1ccc(S(=O)(=O)NC2CCC(O)CC2)c2ccccc12. The van der Waals surface area contributed by atoms with Gasteiger partial charge >= 0.3 is 0 Å². The molecule has 0 heterocycles. The van der Waals surface area contributed by atoms with Crippen molar-refractivity contribution in [3.05, 3.63) is 36.4 Å². The van der Waals surface area contributed by atoms with Crippen molar-refractivity contribution in [3.63, 3.8) is 0 Å². The van der Waals surface area contributed by atoms with Crippen LogP contribution in [0.4, 0.5) is 0 Å². The molecular weight excluding hydrogens is 314 g/mol. The van der Waals surface area contributed by atoms with E-state index in [9.17, 15) is 13.5 Å². The van der Waals surface area contributed by atoms with Gasteiger partial charge in [-0.15, -0.1) is 0 Å². The fourth-order valence-corrected chi connectivity index (χ4v) is 4.65. The molecule has 1 aliphatic carbocycles. The average Bonchev–Trinajstić information content (AvgIpc) is 2.55. The van der Waals surface area contributed by atoms with Crippen LogP contribution in [0.1, 0.15) is 25.7 Å². The second-order valence-corrected chi connectivity index (χ2v) is 7.62. The van der Waals surface area contributed by atoms with Gasteiger partial charge in [0.25, 0.3) is 0 Å². The van der Waals surface area contributed by atoms with Gasteiger partial charge in [0, 0.05) is 16.8 Å². The quantitative estimate of drug-likeness (QED) is 0.900. The third kappa shape index (κ3) is 3.34. The number of aliphatic hydroxyl groups is 1. The van der Waals surface area contributed by atoms with Crippen molar-refractivity contribution in [1.82, 2.24) is 4.72 Å². The third-order valence-corrected chi connectivity index (χ3v) is 5.95. The van der Waals surface area contributed by atoms with E-state index in [1.807, 2.05) is 18.2 Å². The van der Waals surface area contributed by atoms with Crippen molar-refractivity contribution in [2.75, 3.05) is 7.11 Å². The van der Waals surface area contributed by atoms with Crippen LogP contribution in [0.25, 0.3) is 10.8 Å². The molecule has 1 aliphatic rings. The summed E-state index contributed by atoms with van der Waals surface area (Å²) in [5, 5.41) is 11.0. The van der Waals surface area contributed by atoms with E-state index in [1.165, 1.54) is 0 Å². The summed E-state index contributed by atoms with van der Waals surface area (Å²) in [7, 11) is -2.05. The highest BCUT2D eigenvalue weighted by Crippen LogP contribution is 2.31. The minimum atomic E-state index is -3.62. The Morgan fingerprint density at radius 1 is 1.04 bits per heavy atom. The van der Waals surface area contributed by atoms with Gasteiger partial charge in [0.1, 0.15) is 5.75 Å². The molecule has 0 saturated heterocycles. The van der Waals surface area contributed by atoms with Crippen LogP contribution in [-0.2, 0) is 10.0 Å². The first-order valence-corrected chi connectivity index (χ1v) is 9.26. The molecule has 6 heteroatoms. The summed E-state index contributed by atoms with van der Waals surface area (Å²) in [6, 6.07) is 10.5. The minimum absolute atomic E-state index is 0.121. The van der Waals surface area contributed by atoms with Crippen LogP contribution >= 0.6 is 0 Å². The Bertz CT molecular complexity index is 795. The maximum absolute atomic E-state index is 12.8. The molecular formula is C17H21NO4S. The lowest BCUT2D eigenvalue weighted by atomic mass is 9.94. The normalized spacial score (nSPS) is 22.2.